The zero-order chi connectivity index (χ0) is 18.1. The number of pyridine rings is 1. The third kappa shape index (κ3) is 2.57. The third-order valence-corrected chi connectivity index (χ3v) is 4.12. The Kier molecular flexibility index (Phi) is 3.85. The van der Waals surface area contributed by atoms with Crippen molar-refractivity contribution in [2.24, 2.45) is 0 Å². The lowest BCUT2D eigenvalue weighted by Crippen LogP contribution is -2.20. The first-order valence-electron chi connectivity index (χ1n) is 7.94. The SMILES string of the molecule is COC(=O)Oc1cc(-c2ccccc2)c(=O)n2ncc3ccccc3c12. The fraction of sp³-hybridized carbons (Fsp3) is 0.0500. The normalized spacial score (nSPS) is 10.8. The fourth-order valence-corrected chi connectivity index (χ4v) is 2.92. The molecule has 0 fully saturated rings. The van der Waals surface area contributed by atoms with Gasteiger partial charge in [-0.25, -0.2) is 4.79 Å². The summed E-state index contributed by atoms with van der Waals surface area (Å²) in [6.07, 6.45) is 0.748. The molecule has 0 saturated carbocycles. The number of methoxy groups -OCH3 is 1. The zero-order valence-electron chi connectivity index (χ0n) is 13.9. The van der Waals surface area contributed by atoms with Crippen molar-refractivity contribution in [3.63, 3.8) is 0 Å². The molecule has 0 atom stereocenters. The summed E-state index contributed by atoms with van der Waals surface area (Å²) in [6.45, 7) is 0. The van der Waals surface area contributed by atoms with Gasteiger partial charge in [0.05, 0.1) is 18.9 Å². The molecule has 0 radical (unpaired) electrons. The Morgan fingerprint density at radius 2 is 1.77 bits per heavy atom. The molecule has 128 valence electrons. The Morgan fingerprint density at radius 3 is 2.54 bits per heavy atom. The average Bonchev–Trinajstić information content (AvgIpc) is 2.70. The van der Waals surface area contributed by atoms with Crippen molar-refractivity contribution in [2.45, 2.75) is 0 Å². The first-order valence-corrected chi connectivity index (χ1v) is 7.94. The van der Waals surface area contributed by atoms with Gasteiger partial charge in [-0.3, -0.25) is 4.79 Å². The average molecular weight is 346 g/mol. The summed E-state index contributed by atoms with van der Waals surface area (Å²) in [5, 5.41) is 5.84. The molecule has 0 spiro atoms. The largest absolute Gasteiger partial charge is 0.513 e. The smallest absolute Gasteiger partial charge is 0.437 e. The van der Waals surface area contributed by atoms with E-state index in [1.54, 1.807) is 12.3 Å². The number of carbonyl (C=O) groups is 1. The number of carbonyl (C=O) groups excluding carboxylic acids is 1. The Balaban J connectivity index is 2.11. The molecule has 2 heterocycles. The highest BCUT2D eigenvalue weighted by molar-refractivity contribution is 5.99. The van der Waals surface area contributed by atoms with Gasteiger partial charge in [-0.1, -0.05) is 54.6 Å². The molecule has 0 aliphatic heterocycles. The maximum Gasteiger partial charge on any atom is 0.513 e. The van der Waals surface area contributed by atoms with Crippen molar-refractivity contribution in [2.75, 3.05) is 7.11 Å². The van der Waals surface area contributed by atoms with E-state index in [0.717, 1.165) is 10.8 Å². The van der Waals surface area contributed by atoms with Crippen molar-refractivity contribution < 1.29 is 14.3 Å². The molecule has 0 aliphatic carbocycles. The number of rotatable bonds is 2. The lowest BCUT2D eigenvalue weighted by atomic mass is 10.1. The van der Waals surface area contributed by atoms with Crippen molar-refractivity contribution in [3.8, 4) is 16.9 Å². The second-order valence-corrected chi connectivity index (χ2v) is 5.64. The van der Waals surface area contributed by atoms with E-state index < -0.39 is 6.16 Å². The van der Waals surface area contributed by atoms with E-state index in [4.69, 9.17) is 4.74 Å². The summed E-state index contributed by atoms with van der Waals surface area (Å²) < 4.78 is 11.2. The van der Waals surface area contributed by atoms with Crippen LogP contribution in [0.25, 0.3) is 27.4 Å². The predicted molar refractivity (Wildman–Crippen MR) is 97.4 cm³/mol. The van der Waals surface area contributed by atoms with Crippen LogP contribution in [0.15, 0.2) is 71.7 Å². The van der Waals surface area contributed by atoms with Crippen LogP contribution in [-0.2, 0) is 4.74 Å². The molecule has 26 heavy (non-hydrogen) atoms. The molecule has 4 aromatic rings. The number of nitrogens with zero attached hydrogens (tertiary/aromatic N) is 2. The van der Waals surface area contributed by atoms with Gasteiger partial charge in [-0.15, -0.1) is 0 Å². The van der Waals surface area contributed by atoms with Gasteiger partial charge in [0, 0.05) is 10.8 Å². The van der Waals surface area contributed by atoms with E-state index >= 15 is 0 Å². The highest BCUT2D eigenvalue weighted by Crippen LogP contribution is 2.30. The van der Waals surface area contributed by atoms with Crippen LogP contribution in [-0.4, -0.2) is 22.9 Å². The van der Waals surface area contributed by atoms with Crippen LogP contribution in [0.5, 0.6) is 5.75 Å². The highest BCUT2D eigenvalue weighted by atomic mass is 16.7. The molecular formula is C20H14N2O4. The van der Waals surface area contributed by atoms with Crippen LogP contribution >= 0.6 is 0 Å². The maximum atomic E-state index is 13.0. The zero-order valence-corrected chi connectivity index (χ0v) is 13.9. The lowest BCUT2D eigenvalue weighted by Gasteiger charge is -2.12. The maximum absolute atomic E-state index is 13.0. The van der Waals surface area contributed by atoms with Crippen LogP contribution in [0, 0.1) is 0 Å². The van der Waals surface area contributed by atoms with E-state index in [1.165, 1.54) is 11.6 Å². The van der Waals surface area contributed by atoms with Gasteiger partial charge < -0.3 is 9.47 Å². The molecule has 0 bridgehead atoms. The minimum Gasteiger partial charge on any atom is -0.437 e. The molecule has 0 unspecified atom stereocenters. The summed E-state index contributed by atoms with van der Waals surface area (Å²) in [4.78, 5) is 24.8. The number of benzene rings is 2. The summed E-state index contributed by atoms with van der Waals surface area (Å²) in [6, 6.07) is 18.1. The van der Waals surface area contributed by atoms with Crippen molar-refractivity contribution in [1.29, 1.82) is 0 Å². The minimum atomic E-state index is -0.863. The number of ether oxygens (including phenoxy) is 2. The molecule has 0 saturated heterocycles. The van der Waals surface area contributed by atoms with E-state index in [0.29, 0.717) is 16.6 Å². The van der Waals surface area contributed by atoms with E-state index in [-0.39, 0.29) is 11.3 Å². The molecule has 0 aliphatic rings. The van der Waals surface area contributed by atoms with Crippen LogP contribution in [0.3, 0.4) is 0 Å². The summed E-state index contributed by atoms with van der Waals surface area (Å²) >= 11 is 0. The molecule has 0 amide bonds. The number of hydrogen-bond acceptors (Lipinski definition) is 5. The molecule has 2 aromatic heterocycles. The summed E-state index contributed by atoms with van der Waals surface area (Å²) in [5.74, 6) is 0.208. The Morgan fingerprint density at radius 1 is 1.04 bits per heavy atom. The van der Waals surface area contributed by atoms with Crippen molar-refractivity contribution in [1.82, 2.24) is 9.61 Å². The Labute approximate surface area is 148 Å². The van der Waals surface area contributed by atoms with Gasteiger partial charge in [0.15, 0.2) is 5.75 Å². The third-order valence-electron chi connectivity index (χ3n) is 4.12. The van der Waals surface area contributed by atoms with Crippen LogP contribution in [0.1, 0.15) is 0 Å². The van der Waals surface area contributed by atoms with Crippen molar-refractivity contribution >= 4 is 22.4 Å². The summed E-state index contributed by atoms with van der Waals surface area (Å²) in [5.41, 5.74) is 1.20. The molecule has 6 nitrogen and oxygen atoms in total. The monoisotopic (exact) mass is 346 g/mol. The number of fused-ring (bicyclic) bond motifs is 3. The first kappa shape index (κ1) is 15.8. The Bertz CT molecular complexity index is 1180. The minimum absolute atomic E-state index is 0.208. The molecule has 6 heteroatoms. The van der Waals surface area contributed by atoms with Crippen LogP contribution in [0.2, 0.25) is 0 Å². The van der Waals surface area contributed by atoms with Gasteiger partial charge in [0.25, 0.3) is 5.56 Å². The van der Waals surface area contributed by atoms with Gasteiger partial charge in [0.2, 0.25) is 0 Å². The quantitative estimate of drug-likeness (QED) is 0.409. The number of hydrogen-bond donors (Lipinski definition) is 0. The lowest BCUT2D eigenvalue weighted by molar-refractivity contribution is 0.122. The highest BCUT2D eigenvalue weighted by Gasteiger charge is 2.17. The van der Waals surface area contributed by atoms with Crippen molar-refractivity contribution in [3.05, 3.63) is 77.2 Å². The molecule has 4 rings (SSSR count). The van der Waals surface area contributed by atoms with E-state index in [2.05, 4.69) is 9.84 Å². The van der Waals surface area contributed by atoms with Gasteiger partial charge in [0.1, 0.15) is 5.52 Å². The topological polar surface area (TPSA) is 69.9 Å². The van der Waals surface area contributed by atoms with E-state index in [9.17, 15) is 9.59 Å². The van der Waals surface area contributed by atoms with Gasteiger partial charge in [-0.05, 0) is 11.6 Å². The second kappa shape index (κ2) is 6.33. The fourth-order valence-electron chi connectivity index (χ4n) is 2.92. The number of aromatic nitrogens is 2. The van der Waals surface area contributed by atoms with Crippen LogP contribution in [0.4, 0.5) is 4.79 Å². The Hall–Kier alpha value is -3.67. The predicted octanol–water partition coefficient (Wildman–Crippen LogP) is 3.66. The molecule has 2 aromatic carbocycles. The van der Waals surface area contributed by atoms with Gasteiger partial charge >= 0.3 is 6.16 Å². The standard InChI is InChI=1S/C20H14N2O4/c1-25-20(24)26-17-11-16(13-7-3-2-4-8-13)19(23)22-18(17)15-10-6-5-9-14(15)12-21-22/h2-12H,1H3. The van der Waals surface area contributed by atoms with E-state index in [1.807, 2.05) is 54.6 Å². The molecule has 0 N–H and O–H groups in total. The second-order valence-electron chi connectivity index (χ2n) is 5.64. The van der Waals surface area contributed by atoms with Gasteiger partial charge in [-0.2, -0.15) is 9.61 Å². The summed E-state index contributed by atoms with van der Waals surface area (Å²) in [7, 11) is 1.23. The first-order chi connectivity index (χ1) is 12.7. The molecular weight excluding hydrogens is 332 g/mol. The van der Waals surface area contributed by atoms with Crippen LogP contribution < -0.4 is 10.3 Å².